The monoisotopic (exact) mass is 382 g/mol. The summed E-state index contributed by atoms with van der Waals surface area (Å²) in [6.45, 7) is 3.20. The van der Waals surface area contributed by atoms with Gasteiger partial charge in [0.2, 0.25) is 0 Å². The average molecular weight is 382 g/mol. The SMILES string of the molecule is Cc1ccc(C(=O)N2C[C@H](C(=O)N3CCCCC3)Oc3ccccc32)cc1F. The van der Waals surface area contributed by atoms with Gasteiger partial charge in [0.15, 0.2) is 6.10 Å². The number of halogens is 1. The first-order valence-electron chi connectivity index (χ1n) is 9.67. The smallest absolute Gasteiger partial charge is 0.265 e. The van der Waals surface area contributed by atoms with Gasteiger partial charge in [-0.1, -0.05) is 18.2 Å². The van der Waals surface area contributed by atoms with Crippen LogP contribution in [0.15, 0.2) is 42.5 Å². The molecule has 2 aromatic carbocycles. The molecule has 1 atom stereocenters. The highest BCUT2D eigenvalue weighted by Gasteiger charge is 2.36. The molecule has 5 nitrogen and oxygen atoms in total. The fourth-order valence-electron chi connectivity index (χ4n) is 3.75. The molecule has 0 aromatic heterocycles. The van der Waals surface area contributed by atoms with Crippen LogP contribution in [0.1, 0.15) is 35.2 Å². The van der Waals surface area contributed by atoms with Crippen molar-refractivity contribution in [2.75, 3.05) is 24.5 Å². The lowest BCUT2D eigenvalue weighted by molar-refractivity contribution is -0.139. The van der Waals surface area contributed by atoms with E-state index < -0.39 is 11.9 Å². The van der Waals surface area contributed by atoms with Crippen molar-refractivity contribution >= 4 is 17.5 Å². The number of carbonyl (C=O) groups excluding carboxylic acids is 2. The number of piperidine rings is 1. The summed E-state index contributed by atoms with van der Waals surface area (Å²) in [4.78, 5) is 29.5. The lowest BCUT2D eigenvalue weighted by atomic mass is 10.1. The molecule has 1 saturated heterocycles. The lowest BCUT2D eigenvalue weighted by Crippen LogP contribution is -2.52. The summed E-state index contributed by atoms with van der Waals surface area (Å²) in [7, 11) is 0. The van der Waals surface area contributed by atoms with Gasteiger partial charge in [-0.2, -0.15) is 0 Å². The van der Waals surface area contributed by atoms with Gasteiger partial charge in [0, 0.05) is 18.7 Å². The van der Waals surface area contributed by atoms with Crippen molar-refractivity contribution in [1.29, 1.82) is 0 Å². The fourth-order valence-corrected chi connectivity index (χ4v) is 3.75. The van der Waals surface area contributed by atoms with E-state index >= 15 is 0 Å². The summed E-state index contributed by atoms with van der Waals surface area (Å²) < 4.78 is 19.9. The molecule has 2 aromatic rings. The second-order valence-electron chi connectivity index (χ2n) is 7.34. The standard InChI is InChI=1S/C22H23FN2O3/c1-15-9-10-16(13-17(15)23)21(26)25-14-20(22(27)24-11-5-2-6-12-24)28-19-8-4-3-7-18(19)25/h3-4,7-10,13,20H,2,5-6,11-12,14H2,1H3/t20-/m1/s1. The Bertz CT molecular complexity index is 908. The number of hydrogen-bond donors (Lipinski definition) is 0. The third kappa shape index (κ3) is 3.46. The van der Waals surface area contributed by atoms with Crippen molar-refractivity contribution in [2.24, 2.45) is 0 Å². The maximum atomic E-state index is 14.0. The molecule has 2 heterocycles. The first-order chi connectivity index (χ1) is 13.5. The number of carbonyl (C=O) groups is 2. The van der Waals surface area contributed by atoms with E-state index in [0.717, 1.165) is 32.4 Å². The van der Waals surface area contributed by atoms with Gasteiger partial charge in [-0.3, -0.25) is 9.59 Å². The van der Waals surface area contributed by atoms with Crippen molar-refractivity contribution < 1.29 is 18.7 Å². The van der Waals surface area contributed by atoms with E-state index in [1.165, 1.54) is 11.0 Å². The van der Waals surface area contributed by atoms with E-state index in [4.69, 9.17) is 4.74 Å². The van der Waals surface area contributed by atoms with Crippen LogP contribution in [0, 0.1) is 12.7 Å². The van der Waals surface area contributed by atoms with Crippen LogP contribution in [0.2, 0.25) is 0 Å². The van der Waals surface area contributed by atoms with Gasteiger partial charge < -0.3 is 14.5 Å². The maximum Gasteiger partial charge on any atom is 0.265 e. The van der Waals surface area contributed by atoms with Crippen LogP contribution < -0.4 is 9.64 Å². The molecule has 0 bridgehead atoms. The summed E-state index contributed by atoms with van der Waals surface area (Å²) >= 11 is 0. The van der Waals surface area contributed by atoms with Gasteiger partial charge >= 0.3 is 0 Å². The number of hydrogen-bond acceptors (Lipinski definition) is 3. The summed E-state index contributed by atoms with van der Waals surface area (Å²) in [6.07, 6.45) is 2.34. The number of likely N-dealkylation sites (tertiary alicyclic amines) is 1. The molecule has 0 N–H and O–H groups in total. The molecule has 2 aliphatic rings. The van der Waals surface area contributed by atoms with Crippen molar-refractivity contribution in [2.45, 2.75) is 32.3 Å². The number of fused-ring (bicyclic) bond motifs is 1. The Labute approximate surface area is 163 Å². The lowest BCUT2D eigenvalue weighted by Gasteiger charge is -2.37. The van der Waals surface area contributed by atoms with Gasteiger partial charge in [0.1, 0.15) is 11.6 Å². The van der Waals surface area contributed by atoms with E-state index in [1.54, 1.807) is 37.3 Å². The molecule has 0 unspecified atom stereocenters. The van der Waals surface area contributed by atoms with Crippen LogP contribution in [0.3, 0.4) is 0 Å². The predicted octanol–water partition coefficient (Wildman–Crippen LogP) is 3.55. The summed E-state index contributed by atoms with van der Waals surface area (Å²) in [6, 6.07) is 11.6. The van der Waals surface area contributed by atoms with Gasteiger partial charge in [-0.05, 0) is 56.0 Å². The molecular formula is C22H23FN2O3. The van der Waals surface area contributed by atoms with Crippen LogP contribution >= 0.6 is 0 Å². The average Bonchev–Trinajstić information content (AvgIpc) is 2.74. The van der Waals surface area contributed by atoms with E-state index in [9.17, 15) is 14.0 Å². The van der Waals surface area contributed by atoms with E-state index in [1.807, 2.05) is 11.0 Å². The molecule has 2 amide bonds. The van der Waals surface area contributed by atoms with E-state index in [0.29, 0.717) is 17.0 Å². The number of rotatable bonds is 2. The number of amides is 2. The first kappa shape index (κ1) is 18.5. The van der Waals surface area contributed by atoms with Gasteiger partial charge in [0.05, 0.1) is 12.2 Å². The minimum absolute atomic E-state index is 0.0953. The maximum absolute atomic E-state index is 14.0. The zero-order valence-corrected chi connectivity index (χ0v) is 15.9. The fraction of sp³-hybridized carbons (Fsp3) is 0.364. The van der Waals surface area contributed by atoms with Crippen molar-refractivity contribution in [3.63, 3.8) is 0 Å². The van der Waals surface area contributed by atoms with Crippen LogP contribution in [-0.4, -0.2) is 42.5 Å². The molecule has 1 fully saturated rings. The molecule has 0 aliphatic carbocycles. The van der Waals surface area contributed by atoms with E-state index in [2.05, 4.69) is 0 Å². The van der Waals surface area contributed by atoms with Gasteiger partial charge in [-0.25, -0.2) is 4.39 Å². The number of para-hydroxylation sites is 2. The molecule has 0 saturated carbocycles. The third-order valence-electron chi connectivity index (χ3n) is 5.38. The molecule has 6 heteroatoms. The zero-order chi connectivity index (χ0) is 19.7. The van der Waals surface area contributed by atoms with E-state index in [-0.39, 0.29) is 23.9 Å². The van der Waals surface area contributed by atoms with Crippen molar-refractivity contribution in [3.05, 3.63) is 59.4 Å². The second kappa shape index (κ2) is 7.62. The Morgan fingerprint density at radius 3 is 2.57 bits per heavy atom. The van der Waals surface area contributed by atoms with Crippen LogP contribution in [0.25, 0.3) is 0 Å². The number of nitrogens with zero attached hydrogens (tertiary/aromatic N) is 2. The summed E-state index contributed by atoms with van der Waals surface area (Å²) in [5.41, 5.74) is 1.33. The second-order valence-corrected chi connectivity index (χ2v) is 7.34. The van der Waals surface area contributed by atoms with Gasteiger partial charge in [0.25, 0.3) is 11.8 Å². The van der Waals surface area contributed by atoms with Crippen LogP contribution in [0.4, 0.5) is 10.1 Å². The summed E-state index contributed by atoms with van der Waals surface area (Å²) in [5, 5.41) is 0. The minimum Gasteiger partial charge on any atom is -0.476 e. The Balaban J connectivity index is 1.64. The zero-order valence-electron chi connectivity index (χ0n) is 15.9. The Morgan fingerprint density at radius 1 is 1.07 bits per heavy atom. The minimum atomic E-state index is -0.757. The predicted molar refractivity (Wildman–Crippen MR) is 104 cm³/mol. The third-order valence-corrected chi connectivity index (χ3v) is 5.38. The Morgan fingerprint density at radius 2 is 1.82 bits per heavy atom. The highest BCUT2D eigenvalue weighted by Crippen LogP contribution is 2.34. The molecule has 28 heavy (non-hydrogen) atoms. The molecule has 2 aliphatic heterocycles. The highest BCUT2D eigenvalue weighted by molar-refractivity contribution is 6.08. The van der Waals surface area contributed by atoms with Crippen molar-refractivity contribution in [1.82, 2.24) is 4.90 Å². The number of benzene rings is 2. The normalized spacial score (nSPS) is 19.0. The Kier molecular flexibility index (Phi) is 5.03. The Hall–Kier alpha value is -2.89. The molecule has 146 valence electrons. The number of anilines is 1. The molecule has 4 rings (SSSR count). The molecule has 0 spiro atoms. The topological polar surface area (TPSA) is 49.9 Å². The summed E-state index contributed by atoms with van der Waals surface area (Å²) in [5.74, 6) is -0.369. The first-order valence-corrected chi connectivity index (χ1v) is 9.67. The van der Waals surface area contributed by atoms with Crippen LogP contribution in [0.5, 0.6) is 5.75 Å². The van der Waals surface area contributed by atoms with Gasteiger partial charge in [-0.15, -0.1) is 0 Å². The molecular weight excluding hydrogens is 359 g/mol. The van der Waals surface area contributed by atoms with Crippen molar-refractivity contribution in [3.8, 4) is 5.75 Å². The number of ether oxygens (including phenoxy) is 1. The quantitative estimate of drug-likeness (QED) is 0.798. The number of aryl methyl sites for hydroxylation is 1. The van der Waals surface area contributed by atoms with Crippen LogP contribution in [-0.2, 0) is 4.79 Å². The largest absolute Gasteiger partial charge is 0.476 e. The highest BCUT2D eigenvalue weighted by atomic mass is 19.1. The molecule has 0 radical (unpaired) electrons.